The first-order chi connectivity index (χ1) is 22.0. The molecule has 46 heavy (non-hydrogen) atoms. The lowest BCUT2D eigenvalue weighted by Gasteiger charge is -2.38. The molecule has 2 amide bonds. The smallest absolute Gasteiger partial charge is 0.407 e. The van der Waals surface area contributed by atoms with E-state index in [0.29, 0.717) is 24.0 Å². The van der Waals surface area contributed by atoms with Gasteiger partial charge in [-0.05, 0) is 82.4 Å². The lowest BCUT2D eigenvalue weighted by atomic mass is 9.94. The van der Waals surface area contributed by atoms with Gasteiger partial charge < -0.3 is 24.8 Å². The number of anilines is 2. The number of benzene rings is 1. The van der Waals surface area contributed by atoms with E-state index in [1.807, 2.05) is 11.8 Å². The van der Waals surface area contributed by atoms with E-state index in [1.54, 1.807) is 30.5 Å². The van der Waals surface area contributed by atoms with Crippen LogP contribution in [0.5, 0.6) is 0 Å². The molecule has 2 saturated heterocycles. The summed E-state index contributed by atoms with van der Waals surface area (Å²) in [7, 11) is 0. The number of halogens is 2. The van der Waals surface area contributed by atoms with Gasteiger partial charge in [-0.15, -0.1) is 5.10 Å². The minimum Gasteiger partial charge on any atom is -0.444 e. The average Bonchev–Trinajstić information content (AvgIpc) is 3.58. The molecule has 6 rings (SSSR count). The number of hydrogen-bond acceptors (Lipinski definition) is 10. The molecule has 2 atom stereocenters. The topological polar surface area (TPSA) is 134 Å². The number of hydrogen-bond donors (Lipinski definition) is 1. The number of alkyl carbamates (subject to hydrolysis) is 1. The largest absolute Gasteiger partial charge is 0.444 e. The molecular formula is C31H40F2N10O3. The summed E-state index contributed by atoms with van der Waals surface area (Å²) in [5, 5.41) is 15.5. The van der Waals surface area contributed by atoms with Crippen molar-refractivity contribution < 1.29 is 23.1 Å². The Kier molecular flexibility index (Phi) is 8.75. The van der Waals surface area contributed by atoms with Crippen LogP contribution in [0.25, 0.3) is 0 Å². The Morgan fingerprint density at radius 2 is 1.70 bits per heavy atom. The first kappa shape index (κ1) is 31.5. The van der Waals surface area contributed by atoms with Crippen molar-refractivity contribution in [3.63, 3.8) is 0 Å². The molecule has 2 aliphatic heterocycles. The third-order valence-electron chi connectivity index (χ3n) is 8.59. The van der Waals surface area contributed by atoms with Gasteiger partial charge in [-0.25, -0.2) is 23.5 Å². The number of rotatable bonds is 8. The van der Waals surface area contributed by atoms with Crippen molar-refractivity contribution in [1.82, 2.24) is 40.4 Å². The van der Waals surface area contributed by atoms with Crippen molar-refractivity contribution in [2.45, 2.75) is 89.6 Å². The zero-order valence-corrected chi connectivity index (χ0v) is 26.6. The van der Waals surface area contributed by atoms with Crippen LogP contribution in [0.2, 0.25) is 0 Å². The van der Waals surface area contributed by atoms with E-state index in [1.165, 1.54) is 12.4 Å². The second-order valence-electron chi connectivity index (χ2n) is 13.1. The van der Waals surface area contributed by atoms with E-state index >= 15 is 0 Å². The molecule has 4 heterocycles. The average molecular weight is 639 g/mol. The molecule has 13 nitrogen and oxygen atoms in total. The number of nitrogens with one attached hydrogen (secondary N) is 1. The number of carbonyl (C=O) groups excluding carboxylic acids is 2. The summed E-state index contributed by atoms with van der Waals surface area (Å²) in [5.41, 5.74) is -0.195. The molecular weight excluding hydrogens is 598 g/mol. The van der Waals surface area contributed by atoms with Gasteiger partial charge >= 0.3 is 6.09 Å². The summed E-state index contributed by atoms with van der Waals surface area (Å²) in [4.78, 5) is 42.9. The van der Waals surface area contributed by atoms with Crippen LogP contribution in [0.1, 0.15) is 75.2 Å². The fourth-order valence-electron chi connectivity index (χ4n) is 6.25. The van der Waals surface area contributed by atoms with Gasteiger partial charge in [0.05, 0.1) is 18.2 Å². The third-order valence-corrected chi connectivity index (χ3v) is 8.59. The Bertz CT molecular complexity index is 1550. The second kappa shape index (κ2) is 12.8. The summed E-state index contributed by atoms with van der Waals surface area (Å²) in [6.07, 6.45) is 5.91. The van der Waals surface area contributed by atoms with Gasteiger partial charge in [-0.3, -0.25) is 4.79 Å². The fraction of sp³-hybridized carbons (Fsp3) is 0.581. The minimum atomic E-state index is -0.730. The van der Waals surface area contributed by atoms with E-state index in [2.05, 4.69) is 35.6 Å². The fourth-order valence-corrected chi connectivity index (χ4v) is 6.25. The second-order valence-corrected chi connectivity index (χ2v) is 13.1. The van der Waals surface area contributed by atoms with Gasteiger partial charge in [-0.1, -0.05) is 5.10 Å². The van der Waals surface area contributed by atoms with Crippen LogP contribution in [0.4, 0.5) is 25.5 Å². The molecule has 0 spiro atoms. The number of carbonyl (C=O) groups is 2. The van der Waals surface area contributed by atoms with Crippen molar-refractivity contribution in [2.24, 2.45) is 0 Å². The van der Waals surface area contributed by atoms with Crippen LogP contribution >= 0.6 is 0 Å². The molecule has 1 aromatic carbocycles. The molecule has 3 aromatic rings. The highest BCUT2D eigenvalue weighted by molar-refractivity contribution is 5.94. The Balaban J connectivity index is 1.15. The molecule has 0 radical (unpaired) electrons. The molecule has 3 fully saturated rings. The maximum atomic E-state index is 14.9. The predicted octanol–water partition coefficient (Wildman–Crippen LogP) is 3.53. The number of aryl methyl sites for hydroxylation is 1. The molecule has 0 unspecified atom stereocenters. The molecule has 0 bridgehead atoms. The summed E-state index contributed by atoms with van der Waals surface area (Å²) in [5.74, 6) is -0.899. The zero-order chi connectivity index (χ0) is 32.6. The Hall–Kier alpha value is -4.43. The summed E-state index contributed by atoms with van der Waals surface area (Å²) >= 11 is 0. The lowest BCUT2D eigenvalue weighted by Crippen LogP contribution is -2.48. The number of aromatic nitrogens is 6. The lowest BCUT2D eigenvalue weighted by molar-refractivity contribution is 0.0503. The van der Waals surface area contributed by atoms with Crippen molar-refractivity contribution in [3.8, 4) is 0 Å². The van der Waals surface area contributed by atoms with E-state index in [-0.39, 0.29) is 36.6 Å². The Morgan fingerprint density at radius 3 is 2.33 bits per heavy atom. The van der Waals surface area contributed by atoms with Crippen molar-refractivity contribution >= 4 is 23.9 Å². The van der Waals surface area contributed by atoms with Gasteiger partial charge in [0.25, 0.3) is 11.9 Å². The minimum absolute atomic E-state index is 0.0809. The highest BCUT2D eigenvalue weighted by atomic mass is 19.1. The van der Waals surface area contributed by atoms with E-state index in [0.717, 1.165) is 57.0 Å². The first-order valence-corrected chi connectivity index (χ1v) is 15.9. The van der Waals surface area contributed by atoms with Gasteiger partial charge in [-0.2, -0.15) is 4.80 Å². The third kappa shape index (κ3) is 7.02. The van der Waals surface area contributed by atoms with Gasteiger partial charge in [0.1, 0.15) is 17.2 Å². The number of piperidine rings is 1. The predicted molar refractivity (Wildman–Crippen MR) is 164 cm³/mol. The maximum Gasteiger partial charge on any atom is 0.407 e. The van der Waals surface area contributed by atoms with Crippen LogP contribution in [-0.2, 0) is 11.3 Å². The molecule has 3 aliphatic rings. The Morgan fingerprint density at radius 1 is 1.00 bits per heavy atom. The summed E-state index contributed by atoms with van der Waals surface area (Å²) in [6.45, 7) is 9.78. The zero-order valence-electron chi connectivity index (χ0n) is 26.6. The normalized spacial score (nSPS) is 20.6. The SMILES string of the molecule is CCn1nnc(N2CCC(N(C(=O)c3cnc(N4C[C@H](NC(=O)OC(C)(C)C)[C@@H](c5cc(F)ccc5F)C4)nc3)C3CC3)CC2)n1. The standard InChI is InChI=1S/C31H40F2N10O3/c1-5-42-38-29(37-39-42)40-12-10-22(11-13-40)43(21-7-8-21)27(44)19-15-34-28(35-16-19)41-17-24(23-14-20(32)6-9-25(23)33)26(18-41)36-30(45)46-31(2,3)4/h6,9,14-16,21-22,24,26H,5,7-8,10-13,17-18H2,1-4H3,(H,36,45)/t24-,26+/m1/s1. The van der Waals surface area contributed by atoms with E-state index < -0.39 is 35.3 Å². The number of ether oxygens (including phenoxy) is 1. The number of tetrazole rings is 1. The maximum absolute atomic E-state index is 14.9. The number of amides is 2. The van der Waals surface area contributed by atoms with E-state index in [4.69, 9.17) is 4.74 Å². The Labute approximate surface area is 266 Å². The summed E-state index contributed by atoms with van der Waals surface area (Å²) < 4.78 is 34.5. The van der Waals surface area contributed by atoms with Crippen LogP contribution in [0, 0.1) is 11.6 Å². The molecule has 1 aliphatic carbocycles. The van der Waals surface area contributed by atoms with Gasteiger partial charge in [0.2, 0.25) is 5.95 Å². The van der Waals surface area contributed by atoms with E-state index in [9.17, 15) is 18.4 Å². The summed E-state index contributed by atoms with van der Waals surface area (Å²) in [6, 6.07) is 2.97. The molecule has 1 N–H and O–H groups in total. The van der Waals surface area contributed by atoms with Crippen molar-refractivity contribution in [3.05, 3.63) is 53.4 Å². The monoisotopic (exact) mass is 638 g/mol. The molecule has 15 heteroatoms. The van der Waals surface area contributed by atoms with Gasteiger partial charge in [0.15, 0.2) is 0 Å². The highest BCUT2D eigenvalue weighted by Gasteiger charge is 2.41. The highest BCUT2D eigenvalue weighted by Crippen LogP contribution is 2.35. The van der Waals surface area contributed by atoms with Crippen LogP contribution < -0.4 is 15.1 Å². The van der Waals surface area contributed by atoms with Crippen molar-refractivity contribution in [1.29, 1.82) is 0 Å². The van der Waals surface area contributed by atoms with Crippen molar-refractivity contribution in [2.75, 3.05) is 36.0 Å². The number of nitrogens with zero attached hydrogens (tertiary/aromatic N) is 9. The molecule has 246 valence electrons. The van der Waals surface area contributed by atoms with Crippen LogP contribution in [-0.4, -0.2) is 97.0 Å². The quantitative estimate of drug-likeness (QED) is 0.391. The van der Waals surface area contributed by atoms with Gasteiger partial charge in [0, 0.05) is 56.6 Å². The first-order valence-electron chi connectivity index (χ1n) is 15.9. The molecule has 2 aromatic heterocycles. The van der Waals surface area contributed by atoms with Crippen LogP contribution in [0.15, 0.2) is 30.6 Å². The molecule has 1 saturated carbocycles. The van der Waals surface area contributed by atoms with Crippen LogP contribution in [0.3, 0.4) is 0 Å².